The molecule has 0 saturated heterocycles. The summed E-state index contributed by atoms with van der Waals surface area (Å²) in [6, 6.07) is 0. The molecule has 1 rings (SSSR count). The maximum Gasteiger partial charge on any atom is 0.232 e. The van der Waals surface area contributed by atoms with Gasteiger partial charge in [-0.2, -0.15) is 0 Å². The number of nitrogens with zero attached hydrogens (tertiary/aromatic N) is 1. The second kappa shape index (κ2) is 17.3. The van der Waals surface area contributed by atoms with Crippen molar-refractivity contribution in [2.45, 2.75) is 116 Å². The van der Waals surface area contributed by atoms with Gasteiger partial charge in [-0.1, -0.05) is 103 Å². The Hall–Kier alpha value is -0.530. The second-order valence-electron chi connectivity index (χ2n) is 7.78. The molecule has 0 atom stereocenters. The van der Waals surface area contributed by atoms with E-state index in [9.17, 15) is 0 Å². The van der Waals surface area contributed by atoms with Crippen LogP contribution >= 0.6 is 0 Å². The summed E-state index contributed by atoms with van der Waals surface area (Å²) in [7, 11) is 0. The fourth-order valence-electron chi connectivity index (χ4n) is 3.68. The van der Waals surface area contributed by atoms with Crippen LogP contribution in [0.3, 0.4) is 0 Å². The summed E-state index contributed by atoms with van der Waals surface area (Å²) in [6.07, 6.45) is 26.9. The summed E-state index contributed by atoms with van der Waals surface area (Å²) in [5.41, 5.74) is 0. The molecule has 0 aromatic rings. The Bertz CT molecular complexity index is 286. The quantitative estimate of drug-likeness (QED) is 0.230. The van der Waals surface area contributed by atoms with Crippen molar-refractivity contribution < 1.29 is 4.58 Å². The van der Waals surface area contributed by atoms with Crippen LogP contribution in [0.2, 0.25) is 0 Å². The first-order valence-electron chi connectivity index (χ1n) is 11.2. The van der Waals surface area contributed by atoms with Crippen LogP contribution < -0.4 is 5.32 Å². The highest BCUT2D eigenvalue weighted by Gasteiger charge is 2.06. The van der Waals surface area contributed by atoms with E-state index >= 15 is 0 Å². The number of hydrogen-bond acceptors (Lipinski definition) is 1. The highest BCUT2D eigenvalue weighted by atomic mass is 15.1. The molecule has 1 aliphatic heterocycles. The van der Waals surface area contributed by atoms with Crippen molar-refractivity contribution in [3.63, 3.8) is 0 Å². The van der Waals surface area contributed by atoms with E-state index in [-0.39, 0.29) is 0 Å². The number of hydrogen-bond donors (Lipinski definition) is 1. The maximum absolute atomic E-state index is 3.28. The molecule has 0 spiro atoms. The van der Waals surface area contributed by atoms with Crippen molar-refractivity contribution in [2.75, 3.05) is 19.6 Å². The van der Waals surface area contributed by atoms with E-state index in [1.165, 1.54) is 122 Å². The lowest BCUT2D eigenvalue weighted by molar-refractivity contribution is -0.514. The zero-order chi connectivity index (χ0) is 17.1. The van der Waals surface area contributed by atoms with Gasteiger partial charge in [0.25, 0.3) is 0 Å². The van der Waals surface area contributed by atoms with Crippen molar-refractivity contribution >= 4 is 6.34 Å². The molecule has 0 aromatic heterocycles. The van der Waals surface area contributed by atoms with Crippen molar-refractivity contribution in [3.05, 3.63) is 0 Å². The van der Waals surface area contributed by atoms with E-state index in [1.807, 2.05) is 0 Å². The van der Waals surface area contributed by atoms with Gasteiger partial charge < -0.3 is 0 Å². The van der Waals surface area contributed by atoms with Gasteiger partial charge in [0.1, 0.15) is 13.1 Å². The Morgan fingerprint density at radius 3 is 1.42 bits per heavy atom. The molecule has 0 aromatic carbocycles. The van der Waals surface area contributed by atoms with Gasteiger partial charge in [0.05, 0.1) is 6.54 Å². The van der Waals surface area contributed by atoms with Crippen molar-refractivity contribution in [2.24, 2.45) is 0 Å². The van der Waals surface area contributed by atoms with Gasteiger partial charge >= 0.3 is 0 Å². The van der Waals surface area contributed by atoms with Gasteiger partial charge in [-0.05, 0) is 12.8 Å². The third-order valence-electron chi connectivity index (χ3n) is 5.37. The highest BCUT2D eigenvalue weighted by Crippen LogP contribution is 2.14. The highest BCUT2D eigenvalue weighted by molar-refractivity contribution is 5.49. The molecule has 0 unspecified atom stereocenters. The number of nitrogens with one attached hydrogen (secondary N) is 1. The van der Waals surface area contributed by atoms with Crippen LogP contribution in [-0.2, 0) is 0 Å². The van der Waals surface area contributed by atoms with Crippen LogP contribution in [0, 0.1) is 0 Å². The Morgan fingerprint density at radius 2 is 1.04 bits per heavy atom. The normalized spacial score (nSPS) is 14.0. The van der Waals surface area contributed by atoms with Crippen LogP contribution in [0.1, 0.15) is 116 Å². The van der Waals surface area contributed by atoms with Gasteiger partial charge in [0.2, 0.25) is 6.34 Å². The molecule has 0 aliphatic carbocycles. The summed E-state index contributed by atoms with van der Waals surface area (Å²) in [5, 5.41) is 3.28. The first-order chi connectivity index (χ1) is 11.9. The molecule has 2 heteroatoms. The molecular formula is C22H45N2+. The average Bonchev–Trinajstić information content (AvgIpc) is 3.11. The third-order valence-corrected chi connectivity index (χ3v) is 5.37. The number of unbranched alkanes of at least 4 members (excludes halogenated alkanes) is 16. The molecule has 0 radical (unpaired) electrons. The molecule has 0 bridgehead atoms. The predicted molar refractivity (Wildman–Crippen MR) is 108 cm³/mol. The number of rotatable bonds is 18. The standard InChI is InChI=1S/C22H44N2/c1-2-3-4-5-6-7-8-9-10-11-12-13-14-15-16-17-18-20-24-21-19-23-22-24/h22H,2-21H2,1H3/p+1. The lowest BCUT2D eigenvalue weighted by Gasteiger charge is -2.04. The molecule has 24 heavy (non-hydrogen) atoms. The van der Waals surface area contributed by atoms with E-state index < -0.39 is 0 Å². The summed E-state index contributed by atoms with van der Waals surface area (Å²) < 4.78 is 2.42. The lowest BCUT2D eigenvalue weighted by Crippen LogP contribution is -2.11. The van der Waals surface area contributed by atoms with Crippen LogP contribution in [-0.4, -0.2) is 30.5 Å². The molecule has 1 heterocycles. The SMILES string of the molecule is CCCCCCCCCCCCCCCCCCC[N+]1=CNCC1. The summed E-state index contributed by atoms with van der Waals surface area (Å²) in [6.45, 7) is 5.90. The van der Waals surface area contributed by atoms with E-state index in [4.69, 9.17) is 0 Å². The second-order valence-corrected chi connectivity index (χ2v) is 7.78. The Morgan fingerprint density at radius 1 is 0.625 bits per heavy atom. The first kappa shape index (κ1) is 21.5. The van der Waals surface area contributed by atoms with Crippen LogP contribution in [0.5, 0.6) is 0 Å². The first-order valence-corrected chi connectivity index (χ1v) is 11.2. The third kappa shape index (κ3) is 13.9. The average molecular weight is 338 g/mol. The monoisotopic (exact) mass is 337 g/mol. The minimum atomic E-state index is 1.14. The van der Waals surface area contributed by atoms with E-state index in [0.717, 1.165) is 6.54 Å². The zero-order valence-electron chi connectivity index (χ0n) is 16.7. The lowest BCUT2D eigenvalue weighted by atomic mass is 10.0. The van der Waals surface area contributed by atoms with Crippen molar-refractivity contribution in [1.29, 1.82) is 0 Å². The van der Waals surface area contributed by atoms with Gasteiger partial charge in [0, 0.05) is 0 Å². The largest absolute Gasteiger partial charge is 0.277 e. The molecule has 1 N–H and O–H groups in total. The van der Waals surface area contributed by atoms with Crippen LogP contribution in [0.25, 0.3) is 0 Å². The van der Waals surface area contributed by atoms with Crippen molar-refractivity contribution in [1.82, 2.24) is 5.32 Å². The van der Waals surface area contributed by atoms with Gasteiger partial charge in [0.15, 0.2) is 0 Å². The van der Waals surface area contributed by atoms with E-state index in [1.54, 1.807) is 0 Å². The van der Waals surface area contributed by atoms with E-state index in [2.05, 4.69) is 23.2 Å². The van der Waals surface area contributed by atoms with Crippen LogP contribution in [0.15, 0.2) is 0 Å². The Kier molecular flexibility index (Phi) is 15.5. The fraction of sp³-hybridized carbons (Fsp3) is 0.955. The van der Waals surface area contributed by atoms with E-state index in [0.29, 0.717) is 0 Å². The van der Waals surface area contributed by atoms with Crippen molar-refractivity contribution in [3.8, 4) is 0 Å². The minimum absolute atomic E-state index is 1.14. The minimum Gasteiger partial charge on any atom is -0.277 e. The summed E-state index contributed by atoms with van der Waals surface area (Å²) >= 11 is 0. The molecular weight excluding hydrogens is 292 g/mol. The van der Waals surface area contributed by atoms with Gasteiger partial charge in [-0.3, -0.25) is 9.89 Å². The molecule has 0 fully saturated rings. The predicted octanol–water partition coefficient (Wildman–Crippen LogP) is 6.28. The smallest absolute Gasteiger partial charge is 0.232 e. The fourth-order valence-corrected chi connectivity index (χ4v) is 3.68. The van der Waals surface area contributed by atoms with Gasteiger partial charge in [-0.25, -0.2) is 0 Å². The molecule has 142 valence electrons. The Labute approximate surface area is 152 Å². The molecule has 0 saturated carbocycles. The molecule has 0 amide bonds. The summed E-state index contributed by atoms with van der Waals surface area (Å²) in [5.74, 6) is 0. The topological polar surface area (TPSA) is 15.0 Å². The zero-order valence-corrected chi connectivity index (χ0v) is 16.7. The van der Waals surface area contributed by atoms with Gasteiger partial charge in [-0.15, -0.1) is 0 Å². The van der Waals surface area contributed by atoms with Crippen LogP contribution in [0.4, 0.5) is 0 Å². The summed E-state index contributed by atoms with van der Waals surface area (Å²) in [4.78, 5) is 0. The maximum atomic E-state index is 3.28. The molecule has 2 nitrogen and oxygen atoms in total. The molecule has 1 aliphatic rings. The Balaban J connectivity index is 1.65.